The van der Waals surface area contributed by atoms with Crippen LogP contribution in [0.15, 0.2) is 0 Å². The van der Waals surface area contributed by atoms with Gasteiger partial charge in [0.05, 0.1) is 13.2 Å². The maximum absolute atomic E-state index is 8.12. The van der Waals surface area contributed by atoms with E-state index in [2.05, 4.69) is 9.47 Å². The molecule has 0 aliphatic heterocycles. The first-order valence-electron chi connectivity index (χ1n) is 3.53. The molecule has 0 saturated carbocycles. The number of ether oxygens (including phenoxy) is 2. The van der Waals surface area contributed by atoms with Crippen molar-refractivity contribution in [3.05, 3.63) is 0 Å². The summed E-state index contributed by atoms with van der Waals surface area (Å²) in [7, 11) is 3.17. The second-order valence-corrected chi connectivity index (χ2v) is 1.79. The van der Waals surface area contributed by atoms with Crippen LogP contribution in [0.4, 0.5) is 0 Å². The van der Waals surface area contributed by atoms with E-state index in [1.807, 2.05) is 0 Å². The highest BCUT2D eigenvalue weighted by molar-refractivity contribution is 4.25. The third-order valence-electron chi connectivity index (χ3n) is 0.802. The van der Waals surface area contributed by atoms with Gasteiger partial charge in [0.1, 0.15) is 0 Å². The van der Waals surface area contributed by atoms with Gasteiger partial charge in [-0.25, -0.2) is 0 Å². The largest absolute Gasteiger partial charge is 0.396 e. The molecule has 0 spiro atoms. The SMILES string of the molecule is COCCCO.COCCO. The van der Waals surface area contributed by atoms with Crippen LogP contribution in [0.3, 0.4) is 0 Å². The minimum Gasteiger partial charge on any atom is -0.396 e. The zero-order valence-electron chi connectivity index (χ0n) is 7.25. The summed E-state index contributed by atoms with van der Waals surface area (Å²) in [5, 5.41) is 16.1. The molecule has 2 N–H and O–H groups in total. The number of aliphatic hydroxyl groups excluding tert-OH is 2. The van der Waals surface area contributed by atoms with Gasteiger partial charge in [-0.15, -0.1) is 0 Å². The summed E-state index contributed by atoms with van der Waals surface area (Å²) in [6, 6.07) is 0. The van der Waals surface area contributed by atoms with Crippen LogP contribution in [0.5, 0.6) is 0 Å². The fourth-order valence-corrected chi connectivity index (χ4v) is 0.300. The van der Waals surface area contributed by atoms with Gasteiger partial charge in [-0.05, 0) is 6.42 Å². The molecule has 0 unspecified atom stereocenters. The third kappa shape index (κ3) is 25.8. The zero-order chi connectivity index (χ0) is 8.95. The average molecular weight is 166 g/mol. The quantitative estimate of drug-likeness (QED) is 0.548. The fraction of sp³-hybridized carbons (Fsp3) is 1.00. The normalized spacial score (nSPS) is 8.73. The van der Waals surface area contributed by atoms with Gasteiger partial charge in [0, 0.05) is 27.4 Å². The molecule has 0 aromatic heterocycles. The minimum absolute atomic E-state index is 0.122. The van der Waals surface area contributed by atoms with Crippen molar-refractivity contribution in [2.45, 2.75) is 6.42 Å². The van der Waals surface area contributed by atoms with Crippen LogP contribution in [-0.2, 0) is 9.47 Å². The van der Waals surface area contributed by atoms with Gasteiger partial charge in [-0.1, -0.05) is 0 Å². The Balaban J connectivity index is 0. The zero-order valence-corrected chi connectivity index (χ0v) is 7.25. The van der Waals surface area contributed by atoms with Gasteiger partial charge in [-0.3, -0.25) is 0 Å². The van der Waals surface area contributed by atoms with Crippen molar-refractivity contribution in [3.63, 3.8) is 0 Å². The van der Waals surface area contributed by atoms with Crippen LogP contribution in [0.1, 0.15) is 6.42 Å². The van der Waals surface area contributed by atoms with E-state index in [0.717, 1.165) is 6.42 Å². The summed E-state index contributed by atoms with van der Waals surface area (Å²) in [6.45, 7) is 1.46. The van der Waals surface area contributed by atoms with E-state index in [4.69, 9.17) is 10.2 Å². The molecule has 0 aromatic rings. The van der Waals surface area contributed by atoms with Crippen LogP contribution in [0.25, 0.3) is 0 Å². The van der Waals surface area contributed by atoms with E-state index in [1.54, 1.807) is 14.2 Å². The van der Waals surface area contributed by atoms with Gasteiger partial charge < -0.3 is 19.7 Å². The number of rotatable bonds is 5. The Morgan fingerprint density at radius 1 is 0.909 bits per heavy atom. The molecule has 0 amide bonds. The van der Waals surface area contributed by atoms with Crippen LogP contribution >= 0.6 is 0 Å². The Labute approximate surface area is 67.8 Å². The van der Waals surface area contributed by atoms with Crippen LogP contribution in [-0.4, -0.2) is 50.9 Å². The van der Waals surface area contributed by atoms with Crippen LogP contribution < -0.4 is 0 Å². The van der Waals surface area contributed by atoms with Crippen molar-refractivity contribution >= 4 is 0 Å². The van der Waals surface area contributed by atoms with Crippen molar-refractivity contribution in [2.75, 3.05) is 40.6 Å². The molecule has 4 heteroatoms. The summed E-state index contributed by atoms with van der Waals surface area (Å²) in [6.07, 6.45) is 0.747. The van der Waals surface area contributed by atoms with Crippen LogP contribution in [0.2, 0.25) is 0 Å². The maximum Gasteiger partial charge on any atom is 0.0693 e. The Morgan fingerprint density at radius 2 is 1.45 bits per heavy atom. The number of aliphatic hydroxyl groups is 2. The second-order valence-electron chi connectivity index (χ2n) is 1.79. The van der Waals surface area contributed by atoms with Crippen molar-refractivity contribution in [2.24, 2.45) is 0 Å². The summed E-state index contributed by atoms with van der Waals surface area (Å²) in [5.74, 6) is 0. The summed E-state index contributed by atoms with van der Waals surface area (Å²) >= 11 is 0. The van der Waals surface area contributed by atoms with E-state index >= 15 is 0 Å². The Kier molecular flexibility index (Phi) is 20.1. The molecule has 4 nitrogen and oxygen atoms in total. The van der Waals surface area contributed by atoms with Crippen molar-refractivity contribution in [1.29, 1.82) is 0 Å². The van der Waals surface area contributed by atoms with E-state index in [9.17, 15) is 0 Å². The van der Waals surface area contributed by atoms with Gasteiger partial charge in [-0.2, -0.15) is 0 Å². The van der Waals surface area contributed by atoms with E-state index < -0.39 is 0 Å². The highest BCUT2D eigenvalue weighted by Gasteiger charge is 1.75. The monoisotopic (exact) mass is 166 g/mol. The summed E-state index contributed by atoms with van der Waals surface area (Å²) in [4.78, 5) is 0. The lowest BCUT2D eigenvalue weighted by atomic mass is 10.5. The van der Waals surface area contributed by atoms with E-state index in [-0.39, 0.29) is 13.2 Å². The summed E-state index contributed by atoms with van der Waals surface area (Å²) < 4.78 is 9.06. The van der Waals surface area contributed by atoms with Gasteiger partial charge >= 0.3 is 0 Å². The lowest BCUT2D eigenvalue weighted by Gasteiger charge is -1.89. The van der Waals surface area contributed by atoms with Crippen molar-refractivity contribution in [1.82, 2.24) is 0 Å². The smallest absolute Gasteiger partial charge is 0.0693 e. The van der Waals surface area contributed by atoms with Gasteiger partial charge in [0.25, 0.3) is 0 Å². The van der Waals surface area contributed by atoms with Crippen LogP contribution in [0, 0.1) is 0 Å². The predicted octanol–water partition coefficient (Wildman–Crippen LogP) is -0.360. The Bertz CT molecular complexity index is 43.7. The first kappa shape index (κ1) is 13.4. The molecular weight excluding hydrogens is 148 g/mol. The summed E-state index contributed by atoms with van der Waals surface area (Å²) in [5.41, 5.74) is 0. The first-order valence-corrected chi connectivity index (χ1v) is 3.53. The molecule has 70 valence electrons. The lowest BCUT2D eigenvalue weighted by Crippen LogP contribution is -1.91. The second kappa shape index (κ2) is 16.4. The number of hydrogen-bond donors (Lipinski definition) is 2. The topological polar surface area (TPSA) is 58.9 Å². The number of methoxy groups -OCH3 is 2. The molecule has 0 fully saturated rings. The maximum atomic E-state index is 8.12. The fourth-order valence-electron chi connectivity index (χ4n) is 0.300. The molecule has 11 heavy (non-hydrogen) atoms. The molecule has 0 saturated heterocycles. The molecule has 0 atom stereocenters. The molecule has 0 rings (SSSR count). The van der Waals surface area contributed by atoms with Gasteiger partial charge in [0.2, 0.25) is 0 Å². The molecule has 0 aliphatic carbocycles. The standard InChI is InChI=1S/C4H10O2.C3H8O2/c1-6-4-2-3-5;1-5-3-2-4/h5H,2-4H2,1H3;4H,2-3H2,1H3. The molecule has 0 heterocycles. The minimum atomic E-state index is 0.122. The molecule has 0 aromatic carbocycles. The average Bonchev–Trinajstić information content (AvgIpc) is 2.04. The van der Waals surface area contributed by atoms with Crippen molar-refractivity contribution < 1.29 is 19.7 Å². The Hall–Kier alpha value is -0.160. The number of hydrogen-bond acceptors (Lipinski definition) is 4. The molecule has 0 aliphatic rings. The van der Waals surface area contributed by atoms with Gasteiger partial charge in [0.15, 0.2) is 0 Å². The molecule has 0 bridgehead atoms. The van der Waals surface area contributed by atoms with Crippen molar-refractivity contribution in [3.8, 4) is 0 Å². The third-order valence-corrected chi connectivity index (χ3v) is 0.802. The highest BCUT2D eigenvalue weighted by Crippen LogP contribution is 1.72. The predicted molar refractivity (Wildman–Crippen MR) is 42.5 cm³/mol. The first-order chi connectivity index (χ1) is 5.33. The highest BCUT2D eigenvalue weighted by atomic mass is 16.5. The van der Waals surface area contributed by atoms with E-state index in [0.29, 0.717) is 13.2 Å². The Morgan fingerprint density at radius 3 is 1.55 bits per heavy atom. The molecule has 0 radical (unpaired) electrons. The lowest BCUT2D eigenvalue weighted by molar-refractivity contribution is 0.135. The molecular formula is C7H18O4. The van der Waals surface area contributed by atoms with E-state index in [1.165, 1.54) is 0 Å².